The number of aryl methyl sites for hydroxylation is 1. The summed E-state index contributed by atoms with van der Waals surface area (Å²) in [6.45, 7) is 3.73. The standard InChI is InChI=1S/C24H22FN5O4/c1-3-32-19-10-14(22-17(11-26)23(27)34-24-21(22)13(2)29-30-24)4-9-18(19)33-12-20(31)28-16-7-5-15(25)6-8-16/h4-10,22H,3,12,27H2,1-2H3,(H,28,31)(H,29,30). The summed E-state index contributed by atoms with van der Waals surface area (Å²) in [5.74, 6) is -0.261. The van der Waals surface area contributed by atoms with Gasteiger partial charge in [0.25, 0.3) is 5.91 Å². The first-order valence-corrected chi connectivity index (χ1v) is 10.5. The van der Waals surface area contributed by atoms with Crippen molar-refractivity contribution >= 4 is 11.6 Å². The molecule has 1 aliphatic rings. The van der Waals surface area contributed by atoms with Crippen LogP contribution in [0.5, 0.6) is 17.4 Å². The largest absolute Gasteiger partial charge is 0.490 e. The van der Waals surface area contributed by atoms with Crippen molar-refractivity contribution in [3.63, 3.8) is 0 Å². The minimum atomic E-state index is -0.512. The molecule has 1 amide bonds. The Morgan fingerprint density at radius 1 is 1.26 bits per heavy atom. The third-order valence-corrected chi connectivity index (χ3v) is 5.22. The molecule has 34 heavy (non-hydrogen) atoms. The topological polar surface area (TPSA) is 135 Å². The van der Waals surface area contributed by atoms with E-state index in [1.165, 1.54) is 24.3 Å². The number of nitrogens with two attached hydrogens (primary N) is 1. The fraction of sp³-hybridized carbons (Fsp3) is 0.208. The molecule has 1 aliphatic heterocycles. The number of aromatic amines is 1. The quantitative estimate of drug-likeness (QED) is 0.488. The third-order valence-electron chi connectivity index (χ3n) is 5.22. The van der Waals surface area contributed by atoms with Crippen LogP contribution in [0.25, 0.3) is 0 Å². The molecular weight excluding hydrogens is 441 g/mol. The molecule has 1 aromatic heterocycles. The van der Waals surface area contributed by atoms with Gasteiger partial charge in [-0.2, -0.15) is 5.26 Å². The van der Waals surface area contributed by atoms with Crippen molar-refractivity contribution in [3.8, 4) is 23.4 Å². The monoisotopic (exact) mass is 463 g/mol. The first-order valence-electron chi connectivity index (χ1n) is 10.5. The lowest BCUT2D eigenvalue weighted by Gasteiger charge is -2.24. The fourth-order valence-corrected chi connectivity index (χ4v) is 3.70. The molecule has 2 heterocycles. The number of halogens is 1. The Morgan fingerprint density at radius 2 is 2.03 bits per heavy atom. The van der Waals surface area contributed by atoms with Crippen molar-refractivity contribution in [2.75, 3.05) is 18.5 Å². The number of carbonyl (C=O) groups is 1. The maximum atomic E-state index is 13.0. The smallest absolute Gasteiger partial charge is 0.262 e. The van der Waals surface area contributed by atoms with E-state index in [2.05, 4.69) is 21.6 Å². The van der Waals surface area contributed by atoms with Gasteiger partial charge in [0.2, 0.25) is 11.8 Å². The van der Waals surface area contributed by atoms with Crippen molar-refractivity contribution in [1.82, 2.24) is 10.2 Å². The molecule has 0 fully saturated rings. The molecule has 0 aliphatic carbocycles. The second-order valence-electron chi connectivity index (χ2n) is 7.48. The van der Waals surface area contributed by atoms with Gasteiger partial charge in [0.15, 0.2) is 18.1 Å². The lowest BCUT2D eigenvalue weighted by molar-refractivity contribution is -0.118. The van der Waals surface area contributed by atoms with Gasteiger partial charge < -0.3 is 25.3 Å². The average molecular weight is 463 g/mol. The van der Waals surface area contributed by atoms with E-state index in [0.717, 1.165) is 11.3 Å². The van der Waals surface area contributed by atoms with Gasteiger partial charge >= 0.3 is 0 Å². The molecule has 2 aromatic carbocycles. The number of anilines is 1. The van der Waals surface area contributed by atoms with Crippen LogP contribution in [0.2, 0.25) is 0 Å². The molecular formula is C24H22FN5O4. The number of hydrogen-bond donors (Lipinski definition) is 3. The molecule has 1 unspecified atom stereocenters. The van der Waals surface area contributed by atoms with Gasteiger partial charge in [-0.1, -0.05) is 6.07 Å². The molecule has 174 valence electrons. The molecule has 0 saturated heterocycles. The van der Waals surface area contributed by atoms with Crippen LogP contribution >= 0.6 is 0 Å². The van der Waals surface area contributed by atoms with Crippen LogP contribution in [0.15, 0.2) is 53.9 Å². The molecule has 3 aromatic rings. The Labute approximate surface area is 194 Å². The van der Waals surface area contributed by atoms with Gasteiger partial charge in [0.05, 0.1) is 12.5 Å². The van der Waals surface area contributed by atoms with Crippen molar-refractivity contribution in [2.45, 2.75) is 19.8 Å². The summed E-state index contributed by atoms with van der Waals surface area (Å²) >= 11 is 0. The van der Waals surface area contributed by atoms with E-state index >= 15 is 0 Å². The average Bonchev–Trinajstić information content (AvgIpc) is 3.19. The predicted molar refractivity (Wildman–Crippen MR) is 121 cm³/mol. The van der Waals surface area contributed by atoms with Gasteiger partial charge in [-0.15, -0.1) is 5.10 Å². The lowest BCUT2D eigenvalue weighted by atomic mass is 9.84. The number of fused-ring (bicyclic) bond motifs is 1. The van der Waals surface area contributed by atoms with Crippen molar-refractivity contribution in [2.24, 2.45) is 5.73 Å². The maximum absolute atomic E-state index is 13.0. The van der Waals surface area contributed by atoms with E-state index in [1.54, 1.807) is 18.2 Å². The molecule has 0 radical (unpaired) electrons. The van der Waals surface area contributed by atoms with Crippen LogP contribution in [0.3, 0.4) is 0 Å². The highest BCUT2D eigenvalue weighted by molar-refractivity contribution is 5.91. The number of nitriles is 1. The van der Waals surface area contributed by atoms with Gasteiger partial charge in [0, 0.05) is 16.9 Å². The second kappa shape index (κ2) is 9.54. The van der Waals surface area contributed by atoms with Crippen molar-refractivity contribution in [3.05, 3.63) is 76.6 Å². The number of allylic oxidation sites excluding steroid dienone is 1. The molecule has 4 rings (SSSR count). The predicted octanol–water partition coefficient (Wildman–Crippen LogP) is 3.49. The van der Waals surface area contributed by atoms with Crippen LogP contribution in [-0.2, 0) is 4.79 Å². The van der Waals surface area contributed by atoms with E-state index in [0.29, 0.717) is 35.2 Å². The zero-order chi connectivity index (χ0) is 24.2. The summed E-state index contributed by atoms with van der Waals surface area (Å²) in [4.78, 5) is 12.3. The van der Waals surface area contributed by atoms with E-state index in [1.807, 2.05) is 13.8 Å². The molecule has 0 saturated carbocycles. The molecule has 1 atom stereocenters. The third kappa shape index (κ3) is 4.49. The van der Waals surface area contributed by atoms with Gasteiger partial charge in [0.1, 0.15) is 17.5 Å². The SMILES string of the molecule is CCOc1cc(C2C(C#N)=C(N)Oc3n[nH]c(C)c32)ccc1OCC(=O)Nc1ccc(F)cc1. The number of amides is 1. The lowest BCUT2D eigenvalue weighted by Crippen LogP contribution is -2.21. The van der Waals surface area contributed by atoms with Crippen LogP contribution in [0, 0.1) is 24.1 Å². The minimum absolute atomic E-state index is 0.0118. The first-order chi connectivity index (χ1) is 16.4. The Balaban J connectivity index is 1.58. The fourth-order valence-electron chi connectivity index (χ4n) is 3.70. The number of ether oxygens (including phenoxy) is 3. The number of rotatable bonds is 7. The Kier molecular flexibility index (Phi) is 6.36. The summed E-state index contributed by atoms with van der Waals surface area (Å²) < 4.78 is 30.0. The number of nitrogens with zero attached hydrogens (tertiary/aromatic N) is 2. The molecule has 4 N–H and O–H groups in total. The minimum Gasteiger partial charge on any atom is -0.490 e. The number of hydrogen-bond acceptors (Lipinski definition) is 7. The van der Waals surface area contributed by atoms with Crippen LogP contribution in [0.4, 0.5) is 10.1 Å². The van der Waals surface area contributed by atoms with Crippen molar-refractivity contribution in [1.29, 1.82) is 5.26 Å². The number of carbonyl (C=O) groups excluding carboxylic acids is 1. The normalized spacial score (nSPS) is 14.6. The molecule has 0 spiro atoms. The van der Waals surface area contributed by atoms with Crippen LogP contribution in [0.1, 0.15) is 29.7 Å². The summed E-state index contributed by atoms with van der Waals surface area (Å²) in [5, 5.41) is 19.4. The van der Waals surface area contributed by atoms with Crippen LogP contribution < -0.4 is 25.3 Å². The summed E-state index contributed by atoms with van der Waals surface area (Å²) in [7, 11) is 0. The highest BCUT2D eigenvalue weighted by atomic mass is 19.1. The van der Waals surface area contributed by atoms with Crippen LogP contribution in [-0.4, -0.2) is 29.3 Å². The van der Waals surface area contributed by atoms with Gasteiger partial charge in [-0.05, 0) is 55.8 Å². The number of H-pyrrole nitrogens is 1. The summed E-state index contributed by atoms with van der Waals surface area (Å²) in [6.07, 6.45) is 0. The Bertz CT molecular complexity index is 1290. The first kappa shape index (κ1) is 22.7. The van der Waals surface area contributed by atoms with E-state index in [-0.39, 0.29) is 18.1 Å². The number of benzene rings is 2. The van der Waals surface area contributed by atoms with Gasteiger partial charge in [-0.3, -0.25) is 9.89 Å². The Hall–Kier alpha value is -4.52. The molecule has 9 nitrogen and oxygen atoms in total. The van der Waals surface area contributed by atoms with E-state index in [4.69, 9.17) is 19.9 Å². The molecule has 10 heteroatoms. The number of nitrogens with one attached hydrogen (secondary N) is 2. The van der Waals surface area contributed by atoms with E-state index < -0.39 is 17.6 Å². The van der Waals surface area contributed by atoms with Gasteiger partial charge in [-0.25, -0.2) is 4.39 Å². The zero-order valence-corrected chi connectivity index (χ0v) is 18.5. The highest BCUT2D eigenvalue weighted by Crippen LogP contribution is 2.44. The zero-order valence-electron chi connectivity index (χ0n) is 18.5. The summed E-state index contributed by atoms with van der Waals surface area (Å²) in [6, 6.07) is 12.7. The maximum Gasteiger partial charge on any atom is 0.262 e. The van der Waals surface area contributed by atoms with E-state index in [9.17, 15) is 14.4 Å². The highest BCUT2D eigenvalue weighted by Gasteiger charge is 2.34. The Morgan fingerprint density at radius 3 is 2.74 bits per heavy atom. The molecule has 0 bridgehead atoms. The second-order valence-corrected chi connectivity index (χ2v) is 7.48. The summed E-state index contributed by atoms with van der Waals surface area (Å²) in [5.41, 5.74) is 8.87. The van der Waals surface area contributed by atoms with Crippen molar-refractivity contribution < 1.29 is 23.4 Å². The number of aromatic nitrogens is 2.